The SMILES string of the molecule is CCCCCCOc1ccc(NC(=O)CC2C(=O)N(c3ccccc3)C(=S)N2CCc2ccc(S(N)(=O)=O)cc2)cc1. The van der Waals surface area contributed by atoms with Gasteiger partial charge in [0.2, 0.25) is 15.9 Å². The van der Waals surface area contributed by atoms with Crippen LogP contribution in [0.4, 0.5) is 11.4 Å². The van der Waals surface area contributed by atoms with Crippen molar-refractivity contribution in [3.05, 3.63) is 84.4 Å². The topological polar surface area (TPSA) is 122 Å². The maximum atomic E-state index is 13.6. The number of nitrogens with one attached hydrogen (secondary N) is 1. The first-order chi connectivity index (χ1) is 20.2. The number of sulfonamides is 1. The van der Waals surface area contributed by atoms with Crippen molar-refractivity contribution in [3.63, 3.8) is 0 Å². The molecule has 9 nitrogen and oxygen atoms in total. The first-order valence-electron chi connectivity index (χ1n) is 14.0. The third kappa shape index (κ3) is 8.15. The normalized spacial score (nSPS) is 15.2. The van der Waals surface area contributed by atoms with Crippen LogP contribution in [0.2, 0.25) is 0 Å². The zero-order valence-electron chi connectivity index (χ0n) is 23.6. The van der Waals surface area contributed by atoms with Crippen LogP contribution < -0.4 is 20.1 Å². The predicted octanol–water partition coefficient (Wildman–Crippen LogP) is 4.87. The fourth-order valence-electron chi connectivity index (χ4n) is 4.74. The van der Waals surface area contributed by atoms with E-state index in [1.807, 2.05) is 30.3 Å². The lowest BCUT2D eigenvalue weighted by atomic mass is 10.1. The zero-order valence-corrected chi connectivity index (χ0v) is 25.2. The van der Waals surface area contributed by atoms with Crippen LogP contribution in [0.1, 0.15) is 44.6 Å². The Labute approximate surface area is 252 Å². The second-order valence-corrected chi connectivity index (χ2v) is 12.1. The highest BCUT2D eigenvalue weighted by atomic mass is 32.2. The number of primary sulfonamides is 1. The number of ether oxygens (including phenoxy) is 1. The average molecular weight is 609 g/mol. The number of thiocarbonyl (C=S) groups is 1. The van der Waals surface area contributed by atoms with Gasteiger partial charge in [-0.25, -0.2) is 13.6 Å². The van der Waals surface area contributed by atoms with Crippen LogP contribution in [-0.4, -0.2) is 49.4 Å². The van der Waals surface area contributed by atoms with Gasteiger partial charge in [0, 0.05) is 12.2 Å². The molecule has 0 spiro atoms. The monoisotopic (exact) mass is 608 g/mol. The fraction of sp³-hybridized carbons (Fsp3) is 0.323. The summed E-state index contributed by atoms with van der Waals surface area (Å²) < 4.78 is 29.0. The summed E-state index contributed by atoms with van der Waals surface area (Å²) in [7, 11) is -3.80. The van der Waals surface area contributed by atoms with E-state index in [0.29, 0.717) is 36.1 Å². The lowest BCUT2D eigenvalue weighted by Gasteiger charge is -2.24. The highest BCUT2D eigenvalue weighted by Gasteiger charge is 2.43. The Morgan fingerprint density at radius 3 is 2.31 bits per heavy atom. The standard InChI is InChI=1S/C31H36N4O5S2/c1-2-3-4-8-21-40-26-15-13-24(14-16-26)33-29(36)22-28-30(37)35(25-9-6-5-7-10-25)31(41)34(28)20-19-23-11-17-27(18-12-23)42(32,38)39/h5-7,9-18,28H,2-4,8,19-22H2,1H3,(H,33,36)(H2,32,38,39). The molecule has 1 atom stereocenters. The predicted molar refractivity (Wildman–Crippen MR) is 168 cm³/mol. The van der Waals surface area contributed by atoms with Crippen molar-refractivity contribution >= 4 is 50.5 Å². The molecule has 3 aromatic carbocycles. The third-order valence-corrected chi connectivity index (χ3v) is 8.36. The first-order valence-corrected chi connectivity index (χ1v) is 16.0. The van der Waals surface area contributed by atoms with Crippen molar-refractivity contribution in [1.29, 1.82) is 0 Å². The lowest BCUT2D eigenvalue weighted by molar-refractivity contribution is -0.124. The van der Waals surface area contributed by atoms with Crippen molar-refractivity contribution in [2.24, 2.45) is 5.14 Å². The molecule has 0 bridgehead atoms. The Balaban J connectivity index is 1.43. The minimum absolute atomic E-state index is 0.0227. The summed E-state index contributed by atoms with van der Waals surface area (Å²) in [6.07, 6.45) is 4.88. The van der Waals surface area contributed by atoms with E-state index in [2.05, 4.69) is 12.2 Å². The largest absolute Gasteiger partial charge is 0.494 e. The molecule has 1 heterocycles. The van der Waals surface area contributed by atoms with Gasteiger partial charge < -0.3 is 15.0 Å². The number of hydrogen-bond acceptors (Lipinski definition) is 6. The molecule has 0 aromatic heterocycles. The van der Waals surface area contributed by atoms with Crippen molar-refractivity contribution in [2.75, 3.05) is 23.4 Å². The number of rotatable bonds is 14. The molecule has 1 aliphatic rings. The van der Waals surface area contributed by atoms with Gasteiger partial charge in [-0.15, -0.1) is 0 Å². The molecule has 0 radical (unpaired) electrons. The van der Waals surface area contributed by atoms with Crippen LogP contribution in [0.15, 0.2) is 83.8 Å². The van der Waals surface area contributed by atoms with Crippen LogP contribution >= 0.6 is 12.2 Å². The molecule has 3 N–H and O–H groups in total. The van der Waals surface area contributed by atoms with E-state index in [-0.39, 0.29) is 23.1 Å². The van der Waals surface area contributed by atoms with E-state index in [1.54, 1.807) is 41.3 Å². The van der Waals surface area contributed by atoms with Crippen molar-refractivity contribution < 1.29 is 22.7 Å². The quantitative estimate of drug-likeness (QED) is 0.198. The Morgan fingerprint density at radius 2 is 1.67 bits per heavy atom. The van der Waals surface area contributed by atoms with Gasteiger partial charge in [-0.2, -0.15) is 0 Å². The summed E-state index contributed by atoms with van der Waals surface area (Å²) in [4.78, 5) is 30.0. The van der Waals surface area contributed by atoms with Gasteiger partial charge in [0.25, 0.3) is 5.91 Å². The van der Waals surface area contributed by atoms with Gasteiger partial charge in [0.15, 0.2) is 5.11 Å². The smallest absolute Gasteiger partial charge is 0.256 e. The number of nitrogens with zero attached hydrogens (tertiary/aromatic N) is 2. The molecule has 11 heteroatoms. The number of nitrogens with two attached hydrogens (primary N) is 1. The highest BCUT2D eigenvalue weighted by Crippen LogP contribution is 2.28. The number of anilines is 2. The summed E-state index contributed by atoms with van der Waals surface area (Å²) in [6.45, 7) is 3.17. The van der Waals surface area contributed by atoms with E-state index in [0.717, 1.165) is 24.2 Å². The van der Waals surface area contributed by atoms with E-state index in [1.165, 1.54) is 29.9 Å². The second-order valence-electron chi connectivity index (χ2n) is 10.1. The summed E-state index contributed by atoms with van der Waals surface area (Å²) in [5.74, 6) is 0.141. The van der Waals surface area contributed by atoms with Crippen molar-refractivity contribution in [3.8, 4) is 5.75 Å². The minimum atomic E-state index is -3.80. The van der Waals surface area contributed by atoms with E-state index in [4.69, 9.17) is 22.1 Å². The van der Waals surface area contributed by atoms with Crippen LogP contribution in [0, 0.1) is 0 Å². The molecule has 0 aliphatic carbocycles. The molecule has 42 heavy (non-hydrogen) atoms. The minimum Gasteiger partial charge on any atom is -0.494 e. The van der Waals surface area contributed by atoms with Crippen molar-refractivity contribution in [2.45, 2.75) is 56.4 Å². The molecule has 0 saturated carbocycles. The van der Waals surface area contributed by atoms with Gasteiger partial charge in [0.1, 0.15) is 11.8 Å². The lowest BCUT2D eigenvalue weighted by Crippen LogP contribution is -2.39. The number of para-hydroxylation sites is 1. The molecule has 1 unspecified atom stereocenters. The Kier molecular flexibility index (Phi) is 10.7. The zero-order chi connectivity index (χ0) is 30.1. The number of unbranched alkanes of at least 4 members (excludes halogenated alkanes) is 3. The van der Waals surface area contributed by atoms with Crippen LogP contribution in [0.3, 0.4) is 0 Å². The van der Waals surface area contributed by atoms with Crippen LogP contribution in [0.5, 0.6) is 5.75 Å². The summed E-state index contributed by atoms with van der Waals surface area (Å²) >= 11 is 5.73. The molecule has 2 amide bonds. The third-order valence-electron chi connectivity index (χ3n) is 7.01. The second kappa shape index (κ2) is 14.4. The van der Waals surface area contributed by atoms with Gasteiger partial charge in [-0.1, -0.05) is 56.5 Å². The van der Waals surface area contributed by atoms with Crippen molar-refractivity contribution in [1.82, 2.24) is 4.90 Å². The molecular weight excluding hydrogens is 572 g/mol. The maximum Gasteiger partial charge on any atom is 0.256 e. The highest BCUT2D eigenvalue weighted by molar-refractivity contribution is 7.89. The maximum absolute atomic E-state index is 13.6. The molecule has 1 fully saturated rings. The Bertz CT molecular complexity index is 1480. The fourth-order valence-corrected chi connectivity index (χ4v) is 5.67. The molecule has 1 aliphatic heterocycles. The number of carbonyl (C=O) groups excluding carboxylic acids is 2. The molecular formula is C31H36N4O5S2. The van der Waals surface area contributed by atoms with Crippen LogP contribution in [0.25, 0.3) is 0 Å². The van der Waals surface area contributed by atoms with Gasteiger partial charge in [0.05, 0.1) is 23.6 Å². The van der Waals surface area contributed by atoms with E-state index in [9.17, 15) is 18.0 Å². The van der Waals surface area contributed by atoms with Gasteiger partial charge >= 0.3 is 0 Å². The molecule has 1 saturated heterocycles. The average Bonchev–Trinajstić information content (AvgIpc) is 3.20. The summed E-state index contributed by atoms with van der Waals surface area (Å²) in [5, 5.41) is 8.40. The summed E-state index contributed by atoms with van der Waals surface area (Å²) in [5.41, 5.74) is 2.07. The summed E-state index contributed by atoms with van der Waals surface area (Å²) in [6, 6.07) is 21.7. The van der Waals surface area contributed by atoms with Crippen LogP contribution in [-0.2, 0) is 26.0 Å². The number of carbonyl (C=O) groups is 2. The number of benzene rings is 3. The van der Waals surface area contributed by atoms with Gasteiger partial charge in [-0.3, -0.25) is 14.5 Å². The Morgan fingerprint density at radius 1 is 0.976 bits per heavy atom. The number of amides is 2. The van der Waals surface area contributed by atoms with E-state index < -0.39 is 16.1 Å². The molecule has 222 valence electrons. The Hall–Kier alpha value is -3.80. The van der Waals surface area contributed by atoms with Gasteiger partial charge in [-0.05, 0) is 79.2 Å². The molecule has 4 rings (SSSR count). The van der Waals surface area contributed by atoms with E-state index >= 15 is 0 Å². The molecule has 3 aromatic rings. The number of hydrogen-bond donors (Lipinski definition) is 2. The first kappa shape index (κ1) is 31.1.